The van der Waals surface area contributed by atoms with E-state index in [1.807, 2.05) is 0 Å². The Bertz CT molecular complexity index is 895. The number of aromatic nitrogens is 3. The second kappa shape index (κ2) is 7.18. The molecule has 0 aliphatic heterocycles. The molecule has 1 aromatic carbocycles. The van der Waals surface area contributed by atoms with Crippen molar-refractivity contribution in [3.63, 3.8) is 0 Å². The lowest BCUT2D eigenvalue weighted by Crippen LogP contribution is -2.15. The summed E-state index contributed by atoms with van der Waals surface area (Å²) in [5, 5.41) is 17.7. The number of benzene rings is 1. The molecule has 25 heavy (non-hydrogen) atoms. The molecule has 0 aliphatic carbocycles. The van der Waals surface area contributed by atoms with Crippen LogP contribution in [0.3, 0.4) is 0 Å². The zero-order valence-corrected chi connectivity index (χ0v) is 14.2. The molecule has 2 aromatic heterocycles. The summed E-state index contributed by atoms with van der Waals surface area (Å²) in [5.74, 6) is 1.67. The predicted molar refractivity (Wildman–Crippen MR) is 92.5 cm³/mol. The van der Waals surface area contributed by atoms with Crippen LogP contribution >= 0.6 is 11.6 Å². The quantitative estimate of drug-likeness (QED) is 0.719. The van der Waals surface area contributed by atoms with Crippen LogP contribution in [-0.4, -0.2) is 28.4 Å². The van der Waals surface area contributed by atoms with Crippen LogP contribution in [0.25, 0.3) is 0 Å². The average molecular weight is 360 g/mol. The monoisotopic (exact) mass is 359 g/mol. The summed E-state index contributed by atoms with van der Waals surface area (Å²) in [6, 6.07) is 9.79. The maximum atomic E-state index is 12.3. The number of ether oxygens (including phenoxy) is 1. The molecule has 2 N–H and O–H groups in total. The summed E-state index contributed by atoms with van der Waals surface area (Å²) >= 11 is 5.95. The molecule has 0 spiro atoms. The minimum atomic E-state index is -0.433. The fraction of sp³-hybridized carbons (Fsp3) is 0.125. The van der Waals surface area contributed by atoms with Crippen LogP contribution in [0.2, 0.25) is 5.02 Å². The largest absolute Gasteiger partial charge is 0.495 e. The number of carbonyl (C=O) groups excluding carboxylic acids is 1. The highest BCUT2D eigenvalue weighted by Gasteiger charge is 2.12. The molecule has 0 aliphatic rings. The van der Waals surface area contributed by atoms with Crippen LogP contribution in [0.4, 0.5) is 17.3 Å². The fourth-order valence-electron chi connectivity index (χ4n) is 2.04. The molecule has 0 bridgehead atoms. The van der Waals surface area contributed by atoms with E-state index in [9.17, 15) is 4.79 Å². The van der Waals surface area contributed by atoms with Gasteiger partial charge in [-0.3, -0.25) is 4.79 Å². The van der Waals surface area contributed by atoms with Gasteiger partial charge in [0.1, 0.15) is 11.5 Å². The highest BCUT2D eigenvalue weighted by Crippen LogP contribution is 2.28. The lowest BCUT2D eigenvalue weighted by molar-refractivity contribution is 0.102. The molecular weight excluding hydrogens is 346 g/mol. The van der Waals surface area contributed by atoms with Crippen LogP contribution in [0.1, 0.15) is 16.2 Å². The summed E-state index contributed by atoms with van der Waals surface area (Å²) < 4.78 is 10.1. The SMILES string of the molecule is COc1ccc(Cl)cc1NC(=O)c1ccc(Nc2cc(C)on2)nn1. The number of aryl methyl sites for hydroxylation is 1. The standard InChI is InChI=1S/C16H14ClN5O3/c1-9-7-15(22-25-9)19-14-6-4-11(20-21-14)16(23)18-12-8-10(17)3-5-13(12)24-2/h3-8H,1-2H3,(H,18,23)(H,19,21,22). The maximum Gasteiger partial charge on any atom is 0.276 e. The van der Waals surface area contributed by atoms with Crippen molar-refractivity contribution in [1.82, 2.24) is 15.4 Å². The van der Waals surface area contributed by atoms with Crippen LogP contribution in [0.5, 0.6) is 5.75 Å². The minimum Gasteiger partial charge on any atom is -0.495 e. The lowest BCUT2D eigenvalue weighted by atomic mass is 10.2. The zero-order valence-electron chi connectivity index (χ0n) is 13.4. The average Bonchev–Trinajstić information content (AvgIpc) is 3.00. The molecule has 9 heteroatoms. The summed E-state index contributed by atoms with van der Waals surface area (Å²) in [5.41, 5.74) is 0.589. The Balaban J connectivity index is 1.71. The van der Waals surface area contributed by atoms with Gasteiger partial charge in [0.05, 0.1) is 12.8 Å². The third-order valence-electron chi connectivity index (χ3n) is 3.19. The van der Waals surface area contributed by atoms with Crippen LogP contribution in [0, 0.1) is 6.92 Å². The summed E-state index contributed by atoms with van der Waals surface area (Å²) in [6.45, 7) is 1.78. The zero-order chi connectivity index (χ0) is 17.8. The number of rotatable bonds is 5. The Kier molecular flexibility index (Phi) is 4.80. The fourth-order valence-corrected chi connectivity index (χ4v) is 2.21. The van der Waals surface area contributed by atoms with E-state index in [0.717, 1.165) is 0 Å². The molecule has 128 valence electrons. The molecule has 8 nitrogen and oxygen atoms in total. The molecule has 0 unspecified atom stereocenters. The first kappa shape index (κ1) is 16.7. The smallest absolute Gasteiger partial charge is 0.276 e. The van der Waals surface area contributed by atoms with Crippen LogP contribution < -0.4 is 15.4 Å². The van der Waals surface area contributed by atoms with Crippen molar-refractivity contribution in [3.05, 3.63) is 52.9 Å². The first-order valence-corrected chi connectivity index (χ1v) is 7.62. The normalized spacial score (nSPS) is 10.4. The Labute approximate surface area is 148 Å². The van der Waals surface area contributed by atoms with E-state index in [1.165, 1.54) is 13.2 Å². The van der Waals surface area contributed by atoms with E-state index in [2.05, 4.69) is 26.0 Å². The van der Waals surface area contributed by atoms with Gasteiger partial charge in [0, 0.05) is 11.1 Å². The van der Waals surface area contributed by atoms with E-state index >= 15 is 0 Å². The highest BCUT2D eigenvalue weighted by molar-refractivity contribution is 6.31. The number of carbonyl (C=O) groups is 1. The van der Waals surface area contributed by atoms with Crippen LogP contribution in [-0.2, 0) is 0 Å². The summed E-state index contributed by atoms with van der Waals surface area (Å²) in [6.07, 6.45) is 0. The number of amides is 1. The first-order chi connectivity index (χ1) is 12.0. The van der Waals surface area contributed by atoms with Crippen molar-refractivity contribution >= 4 is 34.8 Å². The van der Waals surface area contributed by atoms with Gasteiger partial charge in [-0.2, -0.15) is 0 Å². The van der Waals surface area contributed by atoms with Gasteiger partial charge in [0.2, 0.25) is 0 Å². The Morgan fingerprint density at radius 3 is 2.64 bits per heavy atom. The van der Waals surface area contributed by atoms with Crippen molar-refractivity contribution in [3.8, 4) is 5.75 Å². The molecule has 0 radical (unpaired) electrons. The van der Waals surface area contributed by atoms with Crippen molar-refractivity contribution in [2.45, 2.75) is 6.92 Å². The third-order valence-corrected chi connectivity index (χ3v) is 3.43. The Hall–Kier alpha value is -3.13. The van der Waals surface area contributed by atoms with Crippen molar-refractivity contribution in [2.75, 3.05) is 17.7 Å². The molecule has 0 saturated heterocycles. The molecule has 3 rings (SSSR count). The van der Waals surface area contributed by atoms with E-state index in [0.29, 0.717) is 33.9 Å². The first-order valence-electron chi connectivity index (χ1n) is 7.24. The van der Waals surface area contributed by atoms with Gasteiger partial charge in [0.25, 0.3) is 5.91 Å². The van der Waals surface area contributed by atoms with Gasteiger partial charge in [-0.05, 0) is 37.3 Å². The van der Waals surface area contributed by atoms with E-state index < -0.39 is 5.91 Å². The van der Waals surface area contributed by atoms with Gasteiger partial charge in [0.15, 0.2) is 17.3 Å². The molecule has 3 aromatic rings. The molecule has 0 saturated carbocycles. The van der Waals surface area contributed by atoms with Gasteiger partial charge < -0.3 is 19.9 Å². The van der Waals surface area contributed by atoms with E-state index in [-0.39, 0.29) is 5.69 Å². The summed E-state index contributed by atoms with van der Waals surface area (Å²) in [7, 11) is 1.50. The Morgan fingerprint density at radius 2 is 2.00 bits per heavy atom. The molecular formula is C16H14ClN5O3. The van der Waals surface area contributed by atoms with Crippen molar-refractivity contribution in [1.29, 1.82) is 0 Å². The molecule has 0 fully saturated rings. The number of methoxy groups -OCH3 is 1. The van der Waals surface area contributed by atoms with E-state index in [4.69, 9.17) is 20.9 Å². The van der Waals surface area contributed by atoms with Gasteiger partial charge >= 0.3 is 0 Å². The van der Waals surface area contributed by atoms with Gasteiger partial charge in [-0.15, -0.1) is 10.2 Å². The molecule has 0 atom stereocenters. The highest BCUT2D eigenvalue weighted by atomic mass is 35.5. The summed E-state index contributed by atoms with van der Waals surface area (Å²) in [4.78, 5) is 12.3. The topological polar surface area (TPSA) is 102 Å². The molecule has 1 amide bonds. The van der Waals surface area contributed by atoms with Crippen molar-refractivity contribution < 1.29 is 14.1 Å². The molecule has 2 heterocycles. The number of hydrogen-bond acceptors (Lipinski definition) is 7. The van der Waals surface area contributed by atoms with Crippen LogP contribution in [0.15, 0.2) is 40.9 Å². The second-order valence-corrected chi connectivity index (χ2v) is 5.49. The predicted octanol–water partition coefficient (Wildman–Crippen LogP) is 3.43. The third kappa shape index (κ3) is 4.04. The number of hydrogen-bond donors (Lipinski definition) is 2. The number of halogens is 1. The maximum absolute atomic E-state index is 12.3. The minimum absolute atomic E-state index is 0.143. The van der Waals surface area contributed by atoms with Gasteiger partial charge in [-0.25, -0.2) is 0 Å². The number of nitrogens with zero attached hydrogens (tertiary/aromatic N) is 3. The lowest BCUT2D eigenvalue weighted by Gasteiger charge is -2.10. The van der Waals surface area contributed by atoms with E-state index in [1.54, 1.807) is 37.3 Å². The van der Waals surface area contributed by atoms with Crippen molar-refractivity contribution in [2.24, 2.45) is 0 Å². The Morgan fingerprint density at radius 1 is 1.16 bits per heavy atom. The second-order valence-electron chi connectivity index (χ2n) is 5.05. The van der Waals surface area contributed by atoms with Gasteiger partial charge in [-0.1, -0.05) is 16.8 Å². The number of nitrogens with one attached hydrogen (secondary N) is 2. The number of anilines is 3.